The minimum atomic E-state index is -3.72. The van der Waals surface area contributed by atoms with Crippen LogP contribution in [0.15, 0.2) is 114 Å². The van der Waals surface area contributed by atoms with E-state index >= 15 is 0 Å². The van der Waals surface area contributed by atoms with Gasteiger partial charge in [0.05, 0.1) is 30.4 Å². The minimum Gasteiger partial charge on any atom is -0.392 e. The second-order valence-electron chi connectivity index (χ2n) is 12.7. The molecule has 3 N–H and O–H groups in total. The molecule has 7 rings (SSSR count). The lowest BCUT2D eigenvalue weighted by Gasteiger charge is -2.45. The highest BCUT2D eigenvalue weighted by Gasteiger charge is 2.50. The summed E-state index contributed by atoms with van der Waals surface area (Å²) >= 11 is 0. The van der Waals surface area contributed by atoms with Crippen molar-refractivity contribution in [3.8, 4) is 0 Å². The molecule has 3 fully saturated rings. The normalized spacial score (nSPS) is 22.8. The molecule has 3 atom stereocenters. The van der Waals surface area contributed by atoms with E-state index in [1.807, 2.05) is 54.6 Å². The van der Waals surface area contributed by atoms with Gasteiger partial charge in [0.25, 0.3) is 10.0 Å². The molecule has 4 aromatic rings. The second kappa shape index (κ2) is 13.7. The SMILES string of the molecule is O=C1NCN(c2ccccc2)C12CCN(CC1CC(c3ccc(CO)cc3)OC(c3ccc(NS(=O)(=O)c4ccccc4)cc3)O1)CC2. The lowest BCUT2D eigenvalue weighted by atomic mass is 9.85. The number of rotatable bonds is 9. The van der Waals surface area contributed by atoms with Crippen molar-refractivity contribution in [3.05, 3.63) is 126 Å². The average Bonchev–Trinajstić information content (AvgIpc) is 3.44. The number of carbonyl (C=O) groups excluding carboxylic acids is 1. The molecule has 0 aliphatic carbocycles. The summed E-state index contributed by atoms with van der Waals surface area (Å²) in [6.07, 6.45) is 1.00. The Balaban J connectivity index is 1.06. The fraction of sp³-hybridized carbons (Fsp3) is 0.324. The van der Waals surface area contributed by atoms with Crippen molar-refractivity contribution >= 4 is 27.3 Å². The van der Waals surface area contributed by atoms with E-state index in [1.165, 1.54) is 0 Å². The van der Waals surface area contributed by atoms with E-state index in [4.69, 9.17) is 9.47 Å². The highest BCUT2D eigenvalue weighted by atomic mass is 32.2. The molecule has 4 aromatic carbocycles. The summed E-state index contributed by atoms with van der Waals surface area (Å²) in [5.41, 5.74) is 3.53. The van der Waals surface area contributed by atoms with E-state index in [9.17, 15) is 18.3 Å². The maximum atomic E-state index is 13.2. The van der Waals surface area contributed by atoms with Gasteiger partial charge in [-0.1, -0.05) is 72.8 Å². The summed E-state index contributed by atoms with van der Waals surface area (Å²) in [6.45, 7) is 2.68. The Hall–Kier alpha value is -4.26. The zero-order valence-electron chi connectivity index (χ0n) is 26.6. The number of hydrogen-bond donors (Lipinski definition) is 3. The number of ether oxygens (including phenoxy) is 2. The summed E-state index contributed by atoms with van der Waals surface area (Å²) in [5, 5.41) is 12.6. The first-order valence-electron chi connectivity index (χ1n) is 16.3. The van der Waals surface area contributed by atoms with Crippen molar-refractivity contribution in [1.82, 2.24) is 10.2 Å². The molecular weight excluding hydrogens is 628 g/mol. The third kappa shape index (κ3) is 6.69. The van der Waals surface area contributed by atoms with Crippen molar-refractivity contribution in [1.29, 1.82) is 0 Å². The highest BCUT2D eigenvalue weighted by molar-refractivity contribution is 7.92. The lowest BCUT2D eigenvalue weighted by molar-refractivity contribution is -0.253. The third-order valence-corrected chi connectivity index (χ3v) is 11.1. The van der Waals surface area contributed by atoms with Gasteiger partial charge in [-0.2, -0.15) is 0 Å². The van der Waals surface area contributed by atoms with Gasteiger partial charge < -0.3 is 29.7 Å². The molecule has 3 saturated heterocycles. The summed E-state index contributed by atoms with van der Waals surface area (Å²) in [5.74, 6) is 0.0919. The number of likely N-dealkylation sites (tertiary alicyclic amines) is 1. The van der Waals surface area contributed by atoms with Gasteiger partial charge in [0.15, 0.2) is 6.29 Å². The molecular formula is C37H40N4O6S. The lowest BCUT2D eigenvalue weighted by Crippen LogP contribution is -2.57. The molecule has 1 spiro atoms. The molecule has 3 aliphatic rings. The number of anilines is 2. The summed E-state index contributed by atoms with van der Waals surface area (Å²) in [6, 6.07) is 33.2. The van der Waals surface area contributed by atoms with Gasteiger partial charge >= 0.3 is 0 Å². The number of carbonyl (C=O) groups is 1. The van der Waals surface area contributed by atoms with Crippen LogP contribution < -0.4 is 14.9 Å². The van der Waals surface area contributed by atoms with Gasteiger partial charge in [0.1, 0.15) is 5.54 Å². The van der Waals surface area contributed by atoms with Crippen LogP contribution in [-0.2, 0) is 30.9 Å². The molecule has 1 amide bonds. The Labute approximate surface area is 281 Å². The van der Waals surface area contributed by atoms with E-state index in [0.717, 1.165) is 35.5 Å². The quantitative estimate of drug-likeness (QED) is 0.229. The van der Waals surface area contributed by atoms with E-state index in [0.29, 0.717) is 38.2 Å². The van der Waals surface area contributed by atoms with Gasteiger partial charge in [-0.25, -0.2) is 8.42 Å². The summed E-state index contributed by atoms with van der Waals surface area (Å²) in [7, 11) is -3.72. The largest absolute Gasteiger partial charge is 0.392 e. The van der Waals surface area contributed by atoms with E-state index in [1.54, 1.807) is 42.5 Å². The number of aliphatic hydroxyl groups excluding tert-OH is 1. The molecule has 3 aliphatic heterocycles. The number of nitrogens with zero attached hydrogens (tertiary/aromatic N) is 2. The molecule has 10 nitrogen and oxygen atoms in total. The van der Waals surface area contributed by atoms with E-state index in [2.05, 4.69) is 32.0 Å². The zero-order chi connectivity index (χ0) is 33.1. The molecule has 48 heavy (non-hydrogen) atoms. The standard InChI is InChI=1S/C37H40N4O6S/c42-25-27-11-13-28(14-12-27)34-23-32(24-40-21-19-37(20-22-40)36(43)38-26-41(37)31-7-3-1-4-8-31)46-35(47-34)29-15-17-30(18-16-29)39-48(44,45)33-9-5-2-6-10-33/h1-18,32,34-35,39,42H,19-26H2,(H,38,43). The van der Waals surface area contributed by atoms with Crippen LogP contribution in [0.1, 0.15) is 48.3 Å². The first kappa shape index (κ1) is 32.3. The van der Waals surface area contributed by atoms with E-state index < -0.39 is 21.9 Å². The maximum Gasteiger partial charge on any atom is 0.261 e. The summed E-state index contributed by atoms with van der Waals surface area (Å²) < 4.78 is 41.4. The van der Waals surface area contributed by atoms with Crippen LogP contribution in [0.4, 0.5) is 11.4 Å². The minimum absolute atomic E-state index is 0.0310. The summed E-state index contributed by atoms with van der Waals surface area (Å²) in [4.78, 5) is 18.0. The predicted molar refractivity (Wildman–Crippen MR) is 182 cm³/mol. The van der Waals surface area contributed by atoms with Gasteiger partial charge in [0, 0.05) is 43.0 Å². The molecule has 11 heteroatoms. The van der Waals surface area contributed by atoms with Crippen LogP contribution in [-0.4, -0.2) is 62.3 Å². The van der Waals surface area contributed by atoms with Gasteiger partial charge in [0.2, 0.25) is 5.91 Å². The number of sulfonamides is 1. The number of amides is 1. The average molecular weight is 669 g/mol. The number of piperidine rings is 1. The fourth-order valence-electron chi connectivity index (χ4n) is 6.98. The number of nitrogens with one attached hydrogen (secondary N) is 2. The third-order valence-electron chi connectivity index (χ3n) is 9.65. The van der Waals surface area contributed by atoms with Gasteiger partial charge in [-0.3, -0.25) is 9.52 Å². The number of para-hydroxylation sites is 1. The van der Waals surface area contributed by atoms with Crippen LogP contribution in [0.5, 0.6) is 0 Å². The molecule has 3 unspecified atom stereocenters. The maximum absolute atomic E-state index is 13.2. The topological polar surface area (TPSA) is 120 Å². The monoisotopic (exact) mass is 668 g/mol. The molecule has 250 valence electrons. The highest BCUT2D eigenvalue weighted by Crippen LogP contribution is 2.40. The number of aliphatic hydroxyl groups is 1. The van der Waals surface area contributed by atoms with E-state index in [-0.39, 0.29) is 29.6 Å². The van der Waals surface area contributed by atoms with Crippen molar-refractivity contribution in [2.24, 2.45) is 0 Å². The van der Waals surface area contributed by atoms with Gasteiger partial charge in [-0.15, -0.1) is 0 Å². The number of hydrogen-bond acceptors (Lipinski definition) is 8. The van der Waals surface area contributed by atoms with Crippen molar-refractivity contribution in [2.75, 3.05) is 35.9 Å². The Morgan fingerprint density at radius 2 is 1.48 bits per heavy atom. The Kier molecular flexibility index (Phi) is 9.21. The Morgan fingerprint density at radius 3 is 2.15 bits per heavy atom. The van der Waals surface area contributed by atoms with Gasteiger partial charge in [-0.05, 0) is 60.4 Å². The van der Waals surface area contributed by atoms with Crippen molar-refractivity contribution in [3.63, 3.8) is 0 Å². The number of benzene rings is 4. The molecule has 0 bridgehead atoms. The van der Waals surface area contributed by atoms with Crippen LogP contribution in [0.2, 0.25) is 0 Å². The molecule has 0 radical (unpaired) electrons. The van der Waals surface area contributed by atoms with Crippen LogP contribution in [0, 0.1) is 0 Å². The second-order valence-corrected chi connectivity index (χ2v) is 14.3. The van der Waals surface area contributed by atoms with Crippen molar-refractivity contribution < 1.29 is 27.8 Å². The van der Waals surface area contributed by atoms with Crippen LogP contribution in [0.3, 0.4) is 0 Å². The Bertz CT molecular complexity index is 1800. The fourth-order valence-corrected chi connectivity index (χ4v) is 8.06. The predicted octanol–water partition coefficient (Wildman–Crippen LogP) is 4.95. The smallest absolute Gasteiger partial charge is 0.261 e. The molecule has 0 aromatic heterocycles. The Morgan fingerprint density at radius 1 is 0.833 bits per heavy atom. The van der Waals surface area contributed by atoms with Crippen LogP contribution >= 0.6 is 0 Å². The zero-order valence-corrected chi connectivity index (χ0v) is 27.4. The first-order chi connectivity index (χ1) is 23.3. The molecule has 0 saturated carbocycles. The first-order valence-corrected chi connectivity index (χ1v) is 17.8. The van der Waals surface area contributed by atoms with Crippen molar-refractivity contribution in [2.45, 2.75) is 54.8 Å². The molecule has 3 heterocycles. The van der Waals surface area contributed by atoms with Crippen LogP contribution in [0.25, 0.3) is 0 Å².